The zero-order valence-electron chi connectivity index (χ0n) is 23.6. The number of benzene rings is 2. The van der Waals surface area contributed by atoms with Gasteiger partial charge in [0.2, 0.25) is 5.91 Å². The summed E-state index contributed by atoms with van der Waals surface area (Å²) in [7, 11) is -1.75. The molecule has 1 aliphatic carbocycles. The minimum atomic E-state index is -3.93. The van der Waals surface area contributed by atoms with Gasteiger partial charge in [-0.2, -0.15) is 0 Å². The summed E-state index contributed by atoms with van der Waals surface area (Å²) in [5, 5.41) is 11.5. The van der Waals surface area contributed by atoms with Crippen LogP contribution in [-0.2, 0) is 34.2 Å². The van der Waals surface area contributed by atoms with E-state index in [9.17, 15) is 13.2 Å². The summed E-state index contributed by atoms with van der Waals surface area (Å²) in [5.41, 5.74) is 5.50. The van der Waals surface area contributed by atoms with E-state index in [0.717, 1.165) is 61.9 Å². The highest BCUT2D eigenvalue weighted by Gasteiger charge is 2.36. The molecule has 6 rings (SSSR count). The third-order valence-corrected chi connectivity index (χ3v) is 10.2. The number of rotatable bonds is 7. The van der Waals surface area contributed by atoms with E-state index < -0.39 is 22.0 Å². The van der Waals surface area contributed by atoms with E-state index in [4.69, 9.17) is 0 Å². The van der Waals surface area contributed by atoms with Gasteiger partial charge in [0.1, 0.15) is 6.04 Å². The Hall–Kier alpha value is -3.54. The molecule has 1 saturated heterocycles. The second kappa shape index (κ2) is 11.4. The van der Waals surface area contributed by atoms with E-state index in [1.165, 1.54) is 29.1 Å². The molecule has 2 atom stereocenters. The number of nitrogens with zero attached hydrogens (tertiary/aromatic N) is 6. The van der Waals surface area contributed by atoms with Gasteiger partial charge in [-0.05, 0) is 62.1 Å². The summed E-state index contributed by atoms with van der Waals surface area (Å²) in [5.74, 6) is -0.395. The fourth-order valence-electron chi connectivity index (χ4n) is 6.01. The van der Waals surface area contributed by atoms with Gasteiger partial charge in [-0.3, -0.25) is 14.0 Å². The molecule has 2 aromatic carbocycles. The number of carbonyl (C=O) groups excluding carboxylic acids is 1. The van der Waals surface area contributed by atoms with Crippen molar-refractivity contribution in [1.29, 1.82) is 0 Å². The number of sulfonamides is 1. The average molecular weight is 576 g/mol. The first-order valence-electron chi connectivity index (χ1n) is 14.3. The van der Waals surface area contributed by atoms with Gasteiger partial charge < -0.3 is 10.2 Å². The lowest BCUT2D eigenvalue weighted by Crippen LogP contribution is -2.50. The first-order valence-corrected chi connectivity index (χ1v) is 15.7. The maximum absolute atomic E-state index is 13.5. The molecular weight excluding hydrogens is 538 g/mol. The smallest absolute Gasteiger partial charge is 0.264 e. The molecule has 0 unspecified atom stereocenters. The Bertz CT molecular complexity index is 1540. The van der Waals surface area contributed by atoms with Crippen LogP contribution in [-0.4, -0.2) is 82.7 Å². The predicted octanol–water partition coefficient (Wildman–Crippen LogP) is 2.46. The van der Waals surface area contributed by atoms with Gasteiger partial charge in [-0.25, -0.2) is 13.1 Å². The molecule has 10 nitrogen and oxygen atoms in total. The summed E-state index contributed by atoms with van der Waals surface area (Å²) < 4.78 is 29.9. The lowest BCUT2D eigenvalue weighted by atomic mass is 9.86. The number of aryl methyl sites for hydroxylation is 2. The fourth-order valence-corrected chi connectivity index (χ4v) is 7.46. The van der Waals surface area contributed by atoms with E-state index in [-0.39, 0.29) is 17.4 Å². The Morgan fingerprint density at radius 3 is 2.61 bits per heavy atom. The summed E-state index contributed by atoms with van der Waals surface area (Å²) in [6.45, 7) is 7.27. The summed E-state index contributed by atoms with van der Waals surface area (Å²) >= 11 is 0. The van der Waals surface area contributed by atoms with Crippen LogP contribution in [0.1, 0.15) is 46.8 Å². The molecule has 3 heterocycles. The molecule has 3 aliphatic rings. The van der Waals surface area contributed by atoms with Crippen molar-refractivity contribution in [2.75, 3.05) is 33.2 Å². The molecule has 3 aromatic rings. The van der Waals surface area contributed by atoms with Crippen LogP contribution in [0.5, 0.6) is 0 Å². The molecule has 216 valence electrons. The Balaban J connectivity index is 1.19. The number of carbonyl (C=O) groups is 1. The first-order chi connectivity index (χ1) is 19.8. The van der Waals surface area contributed by atoms with Crippen molar-refractivity contribution in [2.45, 2.75) is 56.1 Å². The number of piperazine rings is 1. The van der Waals surface area contributed by atoms with Crippen LogP contribution in [0.25, 0.3) is 0 Å². The lowest BCUT2D eigenvalue weighted by Gasteiger charge is -2.33. The molecule has 0 radical (unpaired) electrons. The Labute approximate surface area is 241 Å². The third kappa shape index (κ3) is 5.79. The molecular formula is C30H37N7O3S. The van der Waals surface area contributed by atoms with Gasteiger partial charge in [0.15, 0.2) is 0 Å². The average Bonchev–Trinajstić information content (AvgIpc) is 3.43. The predicted molar refractivity (Wildman–Crippen MR) is 155 cm³/mol. The van der Waals surface area contributed by atoms with Gasteiger partial charge in [0, 0.05) is 57.7 Å². The second-order valence-corrected chi connectivity index (χ2v) is 13.2. The van der Waals surface area contributed by atoms with Crippen molar-refractivity contribution in [1.82, 2.24) is 34.4 Å². The van der Waals surface area contributed by atoms with E-state index in [1.807, 2.05) is 17.8 Å². The van der Waals surface area contributed by atoms with Crippen LogP contribution in [0.15, 0.2) is 66.0 Å². The van der Waals surface area contributed by atoms with Crippen LogP contribution in [0.2, 0.25) is 0 Å². The van der Waals surface area contributed by atoms with Crippen molar-refractivity contribution >= 4 is 15.9 Å². The number of amides is 1. The van der Waals surface area contributed by atoms with Gasteiger partial charge >= 0.3 is 0 Å². The van der Waals surface area contributed by atoms with Crippen molar-refractivity contribution in [2.24, 2.45) is 0 Å². The summed E-state index contributed by atoms with van der Waals surface area (Å²) in [6.07, 6.45) is 7.80. The molecule has 1 aromatic heterocycles. The van der Waals surface area contributed by atoms with Crippen LogP contribution in [0.4, 0.5) is 0 Å². The molecule has 1 fully saturated rings. The summed E-state index contributed by atoms with van der Waals surface area (Å²) in [4.78, 5) is 17.9. The molecule has 41 heavy (non-hydrogen) atoms. The zero-order chi connectivity index (χ0) is 28.6. The number of aromatic nitrogens is 3. The van der Waals surface area contributed by atoms with Crippen molar-refractivity contribution in [3.8, 4) is 0 Å². The Kier molecular flexibility index (Phi) is 7.67. The maximum atomic E-state index is 13.5. The van der Waals surface area contributed by atoms with Crippen LogP contribution in [0, 0.1) is 6.92 Å². The Morgan fingerprint density at radius 2 is 1.83 bits per heavy atom. The molecule has 0 bridgehead atoms. The molecule has 1 N–H and O–H groups in total. The van der Waals surface area contributed by atoms with Crippen LogP contribution >= 0.6 is 0 Å². The maximum Gasteiger partial charge on any atom is 0.264 e. The second-order valence-electron chi connectivity index (χ2n) is 11.4. The lowest BCUT2D eigenvalue weighted by molar-refractivity contribution is -0.124. The van der Waals surface area contributed by atoms with E-state index in [2.05, 4.69) is 50.7 Å². The highest BCUT2D eigenvalue weighted by molar-refractivity contribution is 7.89. The zero-order valence-corrected chi connectivity index (χ0v) is 24.4. The minimum absolute atomic E-state index is 0.0603. The molecule has 1 amide bonds. The SMILES string of the molecule is Cc1ccc(S(=O)(=O)N2C=CNC(=O)[C@H]2Cc2cn([C@H]3CCCc4cc(CN5CCN(C)CC5)ccc43)nn2)cc1. The standard InChI is InChI=1S/C30H37N7O3S/c1-22-6-9-26(10-7-22)41(39,40)37-13-12-31-30(38)29(37)19-25-21-36(33-32-25)28-5-3-4-24-18-23(8-11-27(24)28)20-35-16-14-34(2)15-17-35/h6-13,18,21,28-29H,3-5,14-17,19-20H2,1-2H3,(H,31,38)/t28-,29+/m0/s1. The largest absolute Gasteiger partial charge is 0.329 e. The third-order valence-electron chi connectivity index (χ3n) is 8.42. The number of hydrogen-bond donors (Lipinski definition) is 1. The van der Waals surface area contributed by atoms with Gasteiger partial charge in [0.05, 0.1) is 16.6 Å². The summed E-state index contributed by atoms with van der Waals surface area (Å²) in [6, 6.07) is 12.5. The van der Waals surface area contributed by atoms with Gasteiger partial charge in [0.25, 0.3) is 10.0 Å². The van der Waals surface area contributed by atoms with Crippen molar-refractivity contribution in [3.05, 3.63) is 89.0 Å². The number of nitrogens with one attached hydrogen (secondary N) is 1. The van der Waals surface area contributed by atoms with E-state index in [1.54, 1.807) is 24.3 Å². The van der Waals surface area contributed by atoms with E-state index >= 15 is 0 Å². The molecule has 2 aliphatic heterocycles. The van der Waals surface area contributed by atoms with E-state index in [0.29, 0.717) is 5.69 Å². The highest BCUT2D eigenvalue weighted by atomic mass is 32.2. The monoisotopic (exact) mass is 575 g/mol. The quantitative estimate of drug-likeness (QED) is 0.462. The van der Waals surface area contributed by atoms with Gasteiger partial charge in [-0.15, -0.1) is 5.10 Å². The first kappa shape index (κ1) is 27.6. The van der Waals surface area contributed by atoms with Crippen LogP contribution in [0.3, 0.4) is 0 Å². The van der Waals surface area contributed by atoms with Crippen LogP contribution < -0.4 is 5.32 Å². The van der Waals surface area contributed by atoms with Gasteiger partial charge in [-0.1, -0.05) is 41.1 Å². The number of fused-ring (bicyclic) bond motifs is 1. The molecule has 0 saturated carbocycles. The Morgan fingerprint density at radius 1 is 1.05 bits per heavy atom. The topological polar surface area (TPSA) is 104 Å². The molecule has 0 spiro atoms. The highest BCUT2D eigenvalue weighted by Crippen LogP contribution is 2.33. The van der Waals surface area contributed by atoms with Crippen molar-refractivity contribution < 1.29 is 13.2 Å². The fraction of sp³-hybridized carbons (Fsp3) is 0.433. The minimum Gasteiger partial charge on any atom is -0.329 e. The van der Waals surface area contributed by atoms with Crippen molar-refractivity contribution in [3.63, 3.8) is 0 Å². The normalized spacial score (nSPS) is 22.0. The number of likely N-dealkylation sites (N-methyl/N-ethyl adjacent to an activating group) is 1. The number of hydrogen-bond acceptors (Lipinski definition) is 7. The molecule has 11 heteroatoms.